The Morgan fingerprint density at radius 3 is 2.63 bits per heavy atom. The second kappa shape index (κ2) is 4.53. The molecule has 0 bridgehead atoms. The first kappa shape index (κ1) is 13.0. The van der Waals surface area contributed by atoms with Crippen LogP contribution in [0.15, 0.2) is 12.3 Å². The van der Waals surface area contributed by atoms with E-state index in [9.17, 15) is 9.90 Å². The predicted octanol–water partition coefficient (Wildman–Crippen LogP) is 2.46. The zero-order valence-corrected chi connectivity index (χ0v) is 11.9. The van der Waals surface area contributed by atoms with E-state index in [0.29, 0.717) is 42.7 Å². The van der Waals surface area contributed by atoms with Gasteiger partial charge >= 0.3 is 0 Å². The lowest BCUT2D eigenvalue weighted by Gasteiger charge is -2.35. The van der Waals surface area contributed by atoms with E-state index >= 15 is 0 Å². The van der Waals surface area contributed by atoms with Gasteiger partial charge in [-0.25, -0.2) is 0 Å². The molecule has 19 heavy (non-hydrogen) atoms. The van der Waals surface area contributed by atoms with E-state index in [2.05, 4.69) is 0 Å². The van der Waals surface area contributed by atoms with Crippen molar-refractivity contribution in [2.45, 2.75) is 44.2 Å². The highest BCUT2D eigenvalue weighted by atomic mass is 35.5. The Balaban J connectivity index is 1.77. The fraction of sp³-hybridized carbons (Fsp3) is 0.643. The molecule has 1 aliphatic carbocycles. The summed E-state index contributed by atoms with van der Waals surface area (Å²) >= 11 is 6.03. The summed E-state index contributed by atoms with van der Waals surface area (Å²) in [7, 11) is 0. The lowest BCUT2D eigenvalue weighted by atomic mass is 9.94. The molecule has 1 aromatic heterocycles. The molecule has 0 unspecified atom stereocenters. The first-order valence-electron chi connectivity index (χ1n) is 6.85. The normalized spacial score (nSPS) is 22.6. The van der Waals surface area contributed by atoms with Gasteiger partial charge in [-0.05, 0) is 38.7 Å². The van der Waals surface area contributed by atoms with Gasteiger partial charge in [0.1, 0.15) is 5.69 Å². The van der Waals surface area contributed by atoms with E-state index < -0.39 is 5.60 Å². The quantitative estimate of drug-likeness (QED) is 0.906. The van der Waals surface area contributed by atoms with Crippen molar-refractivity contribution in [1.82, 2.24) is 9.47 Å². The minimum atomic E-state index is -0.632. The predicted molar refractivity (Wildman–Crippen MR) is 73.5 cm³/mol. The van der Waals surface area contributed by atoms with Crippen molar-refractivity contribution in [2.24, 2.45) is 0 Å². The average molecular weight is 283 g/mol. The number of carbonyl (C=O) groups is 1. The Morgan fingerprint density at radius 2 is 2.05 bits per heavy atom. The molecule has 1 aliphatic heterocycles. The molecular formula is C14H19ClN2O2. The molecule has 0 aromatic carbocycles. The fourth-order valence-corrected chi connectivity index (χ4v) is 2.83. The second-order valence-electron chi connectivity index (χ2n) is 5.97. The molecule has 2 fully saturated rings. The fourth-order valence-electron chi connectivity index (χ4n) is 2.63. The van der Waals surface area contributed by atoms with Crippen molar-refractivity contribution in [1.29, 1.82) is 0 Å². The van der Waals surface area contributed by atoms with Crippen LogP contribution in [0.5, 0.6) is 0 Å². The van der Waals surface area contributed by atoms with Crippen LogP contribution in [0, 0.1) is 0 Å². The van der Waals surface area contributed by atoms with Crippen LogP contribution in [-0.2, 0) is 0 Å². The van der Waals surface area contributed by atoms with Crippen molar-refractivity contribution in [3.8, 4) is 0 Å². The van der Waals surface area contributed by atoms with Crippen LogP contribution in [-0.4, -0.2) is 39.2 Å². The maximum absolute atomic E-state index is 12.5. The minimum absolute atomic E-state index is 0.0364. The smallest absolute Gasteiger partial charge is 0.270 e. The maximum atomic E-state index is 12.5. The number of hydrogen-bond acceptors (Lipinski definition) is 2. The van der Waals surface area contributed by atoms with Crippen LogP contribution in [0.4, 0.5) is 0 Å². The highest BCUT2D eigenvalue weighted by Crippen LogP contribution is 2.38. The summed E-state index contributed by atoms with van der Waals surface area (Å²) in [6.45, 7) is 3.05. The molecule has 4 nitrogen and oxygen atoms in total. The molecule has 1 N–H and O–H groups in total. The molecule has 0 radical (unpaired) electrons. The lowest BCUT2D eigenvalue weighted by Crippen LogP contribution is -2.45. The Kier molecular flexibility index (Phi) is 3.10. The molecule has 5 heteroatoms. The van der Waals surface area contributed by atoms with Gasteiger partial charge in [-0.1, -0.05) is 11.6 Å². The van der Waals surface area contributed by atoms with Gasteiger partial charge in [0.15, 0.2) is 0 Å². The van der Waals surface area contributed by atoms with Gasteiger partial charge in [-0.15, -0.1) is 0 Å². The van der Waals surface area contributed by atoms with Crippen molar-refractivity contribution in [3.63, 3.8) is 0 Å². The zero-order chi connectivity index (χ0) is 13.6. The SMILES string of the molecule is CC1(O)CCN(C(=O)c2cc(Cl)cn2C2CC2)CC1. The lowest BCUT2D eigenvalue weighted by molar-refractivity contribution is -0.00232. The van der Waals surface area contributed by atoms with Crippen LogP contribution in [0.1, 0.15) is 49.1 Å². The molecule has 2 aliphatic rings. The average Bonchev–Trinajstić information content (AvgIpc) is 3.12. The summed E-state index contributed by atoms with van der Waals surface area (Å²) in [4.78, 5) is 14.4. The Bertz CT molecular complexity index is 496. The number of aromatic nitrogens is 1. The molecular weight excluding hydrogens is 264 g/mol. The third kappa shape index (κ3) is 2.65. The monoisotopic (exact) mass is 282 g/mol. The summed E-state index contributed by atoms with van der Waals surface area (Å²) in [5, 5.41) is 10.6. The summed E-state index contributed by atoms with van der Waals surface area (Å²) in [5.74, 6) is 0.0364. The standard InChI is InChI=1S/C14H19ClN2O2/c1-14(19)4-6-16(7-5-14)13(18)12-8-10(15)9-17(12)11-2-3-11/h8-9,11,19H,2-7H2,1H3. The third-order valence-electron chi connectivity index (χ3n) is 4.10. The number of piperidine rings is 1. The maximum Gasteiger partial charge on any atom is 0.270 e. The molecule has 1 amide bonds. The number of likely N-dealkylation sites (tertiary alicyclic amines) is 1. The highest BCUT2D eigenvalue weighted by molar-refractivity contribution is 6.31. The summed E-state index contributed by atoms with van der Waals surface area (Å²) in [6.07, 6.45) is 5.37. The van der Waals surface area contributed by atoms with Crippen molar-refractivity contribution in [3.05, 3.63) is 23.0 Å². The summed E-state index contributed by atoms with van der Waals surface area (Å²) in [5.41, 5.74) is 0.0569. The number of carbonyl (C=O) groups excluding carboxylic acids is 1. The van der Waals surface area contributed by atoms with Gasteiger partial charge in [-0.2, -0.15) is 0 Å². The molecule has 2 heterocycles. The molecule has 1 aromatic rings. The number of nitrogens with zero attached hydrogens (tertiary/aromatic N) is 2. The van der Waals surface area contributed by atoms with Crippen LogP contribution < -0.4 is 0 Å². The van der Waals surface area contributed by atoms with E-state index in [0.717, 1.165) is 12.8 Å². The van der Waals surface area contributed by atoms with Crippen molar-refractivity contribution < 1.29 is 9.90 Å². The molecule has 104 valence electrons. The summed E-state index contributed by atoms with van der Waals surface area (Å²) < 4.78 is 2.01. The van der Waals surface area contributed by atoms with E-state index in [1.54, 1.807) is 6.07 Å². The summed E-state index contributed by atoms with van der Waals surface area (Å²) in [6, 6.07) is 2.20. The molecule has 3 rings (SSSR count). The van der Waals surface area contributed by atoms with Gasteiger partial charge in [0.2, 0.25) is 0 Å². The van der Waals surface area contributed by atoms with E-state index in [1.807, 2.05) is 22.6 Å². The molecule has 0 atom stereocenters. The number of rotatable bonds is 2. The first-order chi connectivity index (χ1) is 8.96. The van der Waals surface area contributed by atoms with Gasteiger partial charge in [0.25, 0.3) is 5.91 Å². The Labute approximate surface area is 118 Å². The van der Waals surface area contributed by atoms with E-state index in [4.69, 9.17) is 11.6 Å². The Morgan fingerprint density at radius 1 is 1.42 bits per heavy atom. The van der Waals surface area contributed by atoms with Crippen LogP contribution in [0.25, 0.3) is 0 Å². The number of halogens is 1. The van der Waals surface area contributed by atoms with Crippen molar-refractivity contribution in [2.75, 3.05) is 13.1 Å². The number of aliphatic hydroxyl groups is 1. The van der Waals surface area contributed by atoms with Crippen LogP contribution in [0.2, 0.25) is 5.02 Å². The zero-order valence-electron chi connectivity index (χ0n) is 11.1. The van der Waals surface area contributed by atoms with Gasteiger partial charge in [-0.3, -0.25) is 4.79 Å². The van der Waals surface area contributed by atoms with E-state index in [1.165, 1.54) is 0 Å². The minimum Gasteiger partial charge on any atom is -0.390 e. The third-order valence-corrected chi connectivity index (χ3v) is 4.31. The van der Waals surface area contributed by atoms with Crippen LogP contribution >= 0.6 is 11.6 Å². The second-order valence-corrected chi connectivity index (χ2v) is 6.41. The van der Waals surface area contributed by atoms with Gasteiger partial charge in [0, 0.05) is 25.3 Å². The topological polar surface area (TPSA) is 45.5 Å². The number of amides is 1. The van der Waals surface area contributed by atoms with Crippen LogP contribution in [0.3, 0.4) is 0 Å². The van der Waals surface area contributed by atoms with Crippen molar-refractivity contribution >= 4 is 17.5 Å². The largest absolute Gasteiger partial charge is 0.390 e. The number of hydrogen-bond donors (Lipinski definition) is 1. The van der Waals surface area contributed by atoms with Gasteiger partial charge in [0.05, 0.1) is 10.6 Å². The van der Waals surface area contributed by atoms with E-state index in [-0.39, 0.29) is 5.91 Å². The Hall–Kier alpha value is -1.00. The molecule has 1 saturated heterocycles. The van der Waals surface area contributed by atoms with Gasteiger partial charge < -0.3 is 14.6 Å². The molecule has 1 saturated carbocycles. The first-order valence-corrected chi connectivity index (χ1v) is 7.23. The molecule has 0 spiro atoms. The highest BCUT2D eigenvalue weighted by Gasteiger charge is 2.33.